The van der Waals surface area contributed by atoms with Crippen LogP contribution in [0.3, 0.4) is 0 Å². The lowest BCUT2D eigenvalue weighted by Gasteiger charge is -2.14. The Kier molecular flexibility index (Phi) is 4.55. The van der Waals surface area contributed by atoms with Gasteiger partial charge in [-0.2, -0.15) is 13.2 Å². The summed E-state index contributed by atoms with van der Waals surface area (Å²) >= 11 is 2.41. The van der Waals surface area contributed by atoms with E-state index in [9.17, 15) is 23.3 Å². The molecule has 0 aliphatic heterocycles. The van der Waals surface area contributed by atoms with E-state index >= 15 is 0 Å². The highest BCUT2D eigenvalue weighted by Crippen LogP contribution is 2.31. The Hall–Kier alpha value is -1.31. The maximum Gasteiger partial charge on any atom is 0.404 e. The zero-order valence-electron chi connectivity index (χ0n) is 9.20. The van der Waals surface area contributed by atoms with Crippen molar-refractivity contribution in [3.63, 3.8) is 0 Å². The number of benzene rings is 1. The van der Waals surface area contributed by atoms with Crippen LogP contribution in [0.25, 0.3) is 0 Å². The van der Waals surface area contributed by atoms with Gasteiger partial charge in [-0.25, -0.2) is 0 Å². The number of rotatable bonds is 4. The molecule has 0 bridgehead atoms. The predicted molar refractivity (Wildman–Crippen MR) is 62.1 cm³/mol. The number of ether oxygens (including phenoxy) is 1. The van der Waals surface area contributed by atoms with Gasteiger partial charge >= 0.3 is 11.9 Å². The Morgan fingerprint density at radius 3 is 2.61 bits per heavy atom. The third kappa shape index (κ3) is 3.86. The molecular formula is C10H9BrF3NO3. The van der Waals surface area contributed by atoms with Gasteiger partial charge in [-0.1, -0.05) is 22.0 Å². The Labute approximate surface area is 109 Å². The fourth-order valence-corrected chi connectivity index (χ4v) is 1.28. The van der Waals surface area contributed by atoms with Crippen molar-refractivity contribution in [2.24, 2.45) is 0 Å². The summed E-state index contributed by atoms with van der Waals surface area (Å²) in [6.45, 7) is 0.910. The molecule has 1 aromatic rings. The van der Waals surface area contributed by atoms with Crippen LogP contribution in [0.1, 0.15) is 5.56 Å². The number of hydrogen-bond acceptors (Lipinski definition) is 3. The molecule has 0 heterocycles. The minimum Gasteiger partial charge on any atom is -0.485 e. The lowest BCUT2D eigenvalue weighted by Crippen LogP contribution is -2.29. The third-order valence-electron chi connectivity index (χ3n) is 2.05. The fraction of sp³-hybridized carbons (Fsp3) is 0.400. The molecule has 1 aromatic carbocycles. The van der Waals surface area contributed by atoms with Crippen LogP contribution in [0.4, 0.5) is 18.9 Å². The van der Waals surface area contributed by atoms with Gasteiger partial charge in [0.1, 0.15) is 11.4 Å². The number of nitro groups is 1. The summed E-state index contributed by atoms with van der Waals surface area (Å²) in [6.07, 6.45) is -4.46. The van der Waals surface area contributed by atoms with Crippen LogP contribution in [-0.4, -0.2) is 22.5 Å². The molecule has 0 radical (unpaired) electrons. The van der Waals surface area contributed by atoms with E-state index in [1.165, 1.54) is 18.2 Å². The monoisotopic (exact) mass is 327 g/mol. The van der Waals surface area contributed by atoms with E-state index in [0.717, 1.165) is 0 Å². The van der Waals surface area contributed by atoms with Gasteiger partial charge in [0.15, 0.2) is 5.75 Å². The third-order valence-corrected chi connectivity index (χ3v) is 2.83. The highest BCUT2D eigenvalue weighted by molar-refractivity contribution is 9.09. The van der Waals surface area contributed by atoms with Gasteiger partial charge in [-0.05, 0) is 18.6 Å². The molecule has 0 aliphatic carbocycles. The summed E-state index contributed by atoms with van der Waals surface area (Å²) in [6, 6.07) is 4.05. The summed E-state index contributed by atoms with van der Waals surface area (Å²) in [4.78, 5) is 8.14. The summed E-state index contributed by atoms with van der Waals surface area (Å²) in [5.74, 6) is -0.181. The highest BCUT2D eigenvalue weighted by atomic mass is 79.9. The Morgan fingerprint density at radius 2 is 2.11 bits per heavy atom. The second-order valence-corrected chi connectivity index (χ2v) is 4.65. The van der Waals surface area contributed by atoms with Crippen LogP contribution in [0.2, 0.25) is 0 Å². The Bertz CT molecular complexity index is 450. The molecule has 0 N–H and O–H groups in total. The van der Waals surface area contributed by atoms with E-state index in [1.807, 2.05) is 0 Å². The molecule has 1 unspecified atom stereocenters. The van der Waals surface area contributed by atoms with Crippen molar-refractivity contribution in [1.82, 2.24) is 0 Å². The molecule has 1 atom stereocenters. The van der Waals surface area contributed by atoms with Crippen molar-refractivity contribution in [2.45, 2.75) is 17.9 Å². The molecular weight excluding hydrogens is 319 g/mol. The number of nitrogens with zero attached hydrogens (tertiary/aromatic N) is 1. The van der Waals surface area contributed by atoms with Gasteiger partial charge in [0, 0.05) is 6.07 Å². The van der Waals surface area contributed by atoms with Gasteiger partial charge in [-0.3, -0.25) is 10.1 Å². The first-order valence-corrected chi connectivity index (χ1v) is 5.72. The SMILES string of the molecule is Cc1ccc(OCC(Br)C(F)(F)F)c([N+](=O)[O-])c1. The van der Waals surface area contributed by atoms with Gasteiger partial charge in [0.05, 0.1) is 4.92 Å². The summed E-state index contributed by atoms with van der Waals surface area (Å²) in [7, 11) is 0. The number of halogens is 4. The number of aryl methyl sites for hydroxylation is 1. The fourth-order valence-electron chi connectivity index (χ4n) is 1.15. The molecule has 18 heavy (non-hydrogen) atoms. The lowest BCUT2D eigenvalue weighted by atomic mass is 10.2. The van der Waals surface area contributed by atoms with Crippen molar-refractivity contribution in [3.05, 3.63) is 33.9 Å². The first-order chi connectivity index (χ1) is 8.21. The number of hydrogen-bond donors (Lipinski definition) is 0. The van der Waals surface area contributed by atoms with Gasteiger partial charge in [0.25, 0.3) is 0 Å². The second kappa shape index (κ2) is 5.55. The molecule has 1 rings (SSSR count). The Morgan fingerprint density at radius 1 is 1.50 bits per heavy atom. The van der Waals surface area contributed by atoms with Gasteiger partial charge in [0.2, 0.25) is 0 Å². The van der Waals surface area contributed by atoms with Crippen LogP contribution in [0, 0.1) is 17.0 Å². The first kappa shape index (κ1) is 14.7. The van der Waals surface area contributed by atoms with Crippen LogP contribution in [0.15, 0.2) is 18.2 Å². The molecule has 0 amide bonds. The first-order valence-electron chi connectivity index (χ1n) is 4.80. The molecule has 0 aromatic heterocycles. The van der Waals surface area contributed by atoms with Gasteiger partial charge in [-0.15, -0.1) is 0 Å². The van der Waals surface area contributed by atoms with Crippen molar-refractivity contribution >= 4 is 21.6 Å². The molecule has 0 fully saturated rings. The number of nitro benzene ring substituents is 1. The zero-order valence-corrected chi connectivity index (χ0v) is 10.8. The Balaban J connectivity index is 2.82. The van der Waals surface area contributed by atoms with Crippen LogP contribution < -0.4 is 4.74 Å². The van der Waals surface area contributed by atoms with E-state index in [-0.39, 0.29) is 11.4 Å². The quantitative estimate of drug-likeness (QED) is 0.482. The van der Waals surface area contributed by atoms with Gasteiger partial charge < -0.3 is 4.74 Å². The highest BCUT2D eigenvalue weighted by Gasteiger charge is 2.38. The lowest BCUT2D eigenvalue weighted by molar-refractivity contribution is -0.386. The maximum atomic E-state index is 12.2. The molecule has 4 nitrogen and oxygen atoms in total. The minimum atomic E-state index is -4.46. The average molecular weight is 328 g/mol. The van der Waals surface area contributed by atoms with E-state index in [1.54, 1.807) is 6.92 Å². The molecule has 0 spiro atoms. The standard InChI is InChI=1S/C10H9BrF3NO3/c1-6-2-3-8(7(4-6)15(16)17)18-5-9(11)10(12,13)14/h2-4,9H,5H2,1H3. The van der Waals surface area contributed by atoms with E-state index in [4.69, 9.17) is 4.74 Å². The van der Waals surface area contributed by atoms with Crippen LogP contribution >= 0.6 is 15.9 Å². The zero-order chi connectivity index (χ0) is 13.9. The largest absolute Gasteiger partial charge is 0.485 e. The normalized spacial score (nSPS) is 13.2. The van der Waals surface area contributed by atoms with Crippen LogP contribution in [-0.2, 0) is 0 Å². The molecule has 8 heteroatoms. The predicted octanol–water partition coefficient (Wildman–Crippen LogP) is 3.61. The molecule has 0 aliphatic rings. The summed E-state index contributed by atoms with van der Waals surface area (Å²) < 4.78 is 41.5. The maximum absolute atomic E-state index is 12.2. The van der Waals surface area contributed by atoms with Crippen molar-refractivity contribution in [1.29, 1.82) is 0 Å². The van der Waals surface area contributed by atoms with E-state index in [0.29, 0.717) is 5.56 Å². The van der Waals surface area contributed by atoms with Crippen molar-refractivity contribution < 1.29 is 22.8 Å². The topological polar surface area (TPSA) is 52.4 Å². The summed E-state index contributed by atoms with van der Waals surface area (Å²) in [5, 5.41) is 10.7. The van der Waals surface area contributed by atoms with E-state index < -0.39 is 22.5 Å². The second-order valence-electron chi connectivity index (χ2n) is 3.55. The van der Waals surface area contributed by atoms with Crippen molar-refractivity contribution in [3.8, 4) is 5.75 Å². The summed E-state index contributed by atoms with van der Waals surface area (Å²) in [5.41, 5.74) is 0.275. The van der Waals surface area contributed by atoms with Crippen LogP contribution in [0.5, 0.6) is 5.75 Å². The smallest absolute Gasteiger partial charge is 0.404 e. The minimum absolute atomic E-state index is 0.181. The van der Waals surface area contributed by atoms with E-state index in [2.05, 4.69) is 15.9 Å². The molecule has 100 valence electrons. The van der Waals surface area contributed by atoms with Crippen molar-refractivity contribution in [2.75, 3.05) is 6.61 Å². The molecule has 0 saturated heterocycles. The molecule has 0 saturated carbocycles. The number of alkyl halides is 4. The average Bonchev–Trinajstić information content (AvgIpc) is 2.25.